The van der Waals surface area contributed by atoms with Crippen LogP contribution < -0.4 is 5.43 Å². The molecule has 0 saturated carbocycles. The molecule has 2 N–H and O–H groups in total. The van der Waals surface area contributed by atoms with Gasteiger partial charge in [-0.15, -0.1) is 0 Å². The van der Waals surface area contributed by atoms with Gasteiger partial charge in [0, 0.05) is 17.7 Å². The van der Waals surface area contributed by atoms with Gasteiger partial charge in [-0.1, -0.05) is 17.7 Å². The number of carbonyl (C=O) groups is 1. The molecule has 2 rings (SSSR count). The van der Waals surface area contributed by atoms with Gasteiger partial charge in [0.2, 0.25) is 0 Å². The SMILES string of the molecule is Cc1ccc(C)c(-c2cc(=O)cc(C(=O)O)[nH]2)c1. The van der Waals surface area contributed by atoms with Crippen LogP contribution in [0.25, 0.3) is 11.3 Å². The van der Waals surface area contributed by atoms with Crippen molar-refractivity contribution in [2.45, 2.75) is 13.8 Å². The number of benzene rings is 1. The van der Waals surface area contributed by atoms with Crippen LogP contribution in [0.2, 0.25) is 0 Å². The van der Waals surface area contributed by atoms with Gasteiger partial charge in [0.15, 0.2) is 5.43 Å². The predicted octanol–water partition coefficient (Wildman–Crippen LogP) is 2.36. The lowest BCUT2D eigenvalue weighted by Gasteiger charge is -2.08. The third kappa shape index (κ3) is 2.32. The maximum Gasteiger partial charge on any atom is 0.352 e. The summed E-state index contributed by atoms with van der Waals surface area (Å²) in [7, 11) is 0. The second kappa shape index (κ2) is 4.49. The first-order chi connectivity index (χ1) is 8.47. The van der Waals surface area contributed by atoms with E-state index in [0.29, 0.717) is 5.69 Å². The Morgan fingerprint density at radius 1 is 1.17 bits per heavy atom. The van der Waals surface area contributed by atoms with Crippen LogP contribution in [-0.4, -0.2) is 16.1 Å². The van der Waals surface area contributed by atoms with Crippen LogP contribution in [0, 0.1) is 13.8 Å². The van der Waals surface area contributed by atoms with Crippen molar-refractivity contribution >= 4 is 5.97 Å². The molecular weight excluding hydrogens is 230 g/mol. The van der Waals surface area contributed by atoms with Gasteiger partial charge in [-0.25, -0.2) is 4.79 Å². The first-order valence-corrected chi connectivity index (χ1v) is 5.52. The summed E-state index contributed by atoms with van der Waals surface area (Å²) >= 11 is 0. The largest absolute Gasteiger partial charge is 0.477 e. The Balaban J connectivity index is 2.67. The molecule has 0 spiro atoms. The van der Waals surface area contributed by atoms with E-state index < -0.39 is 5.97 Å². The number of nitrogens with one attached hydrogen (secondary N) is 1. The second-order valence-corrected chi connectivity index (χ2v) is 4.27. The molecule has 0 bridgehead atoms. The lowest BCUT2D eigenvalue weighted by atomic mass is 10.0. The molecule has 1 aromatic heterocycles. The Labute approximate surface area is 104 Å². The maximum absolute atomic E-state index is 11.5. The Kier molecular flexibility index (Phi) is 3.02. The molecule has 4 heteroatoms. The summed E-state index contributed by atoms with van der Waals surface area (Å²) in [6.45, 7) is 3.86. The molecule has 0 aliphatic rings. The normalized spacial score (nSPS) is 10.3. The number of aryl methyl sites for hydroxylation is 2. The lowest BCUT2D eigenvalue weighted by Crippen LogP contribution is -2.09. The van der Waals surface area contributed by atoms with Gasteiger partial charge in [-0.2, -0.15) is 0 Å². The third-order valence-corrected chi connectivity index (χ3v) is 2.76. The molecule has 0 fully saturated rings. The fourth-order valence-electron chi connectivity index (χ4n) is 1.83. The molecule has 0 amide bonds. The number of pyridine rings is 1. The fourth-order valence-corrected chi connectivity index (χ4v) is 1.83. The number of hydrogen-bond acceptors (Lipinski definition) is 2. The molecule has 0 saturated heterocycles. The number of carboxylic acids is 1. The molecule has 2 aromatic rings. The van der Waals surface area contributed by atoms with Gasteiger partial charge in [0.1, 0.15) is 5.69 Å². The molecular formula is C14H13NO3. The van der Waals surface area contributed by atoms with Crippen LogP contribution in [0.3, 0.4) is 0 Å². The van der Waals surface area contributed by atoms with Gasteiger partial charge in [0.05, 0.1) is 5.69 Å². The van der Waals surface area contributed by atoms with Crippen molar-refractivity contribution in [2.75, 3.05) is 0 Å². The number of aromatic nitrogens is 1. The highest BCUT2D eigenvalue weighted by Crippen LogP contribution is 2.21. The van der Waals surface area contributed by atoms with Crippen LogP contribution >= 0.6 is 0 Å². The molecule has 0 unspecified atom stereocenters. The topological polar surface area (TPSA) is 70.2 Å². The van der Waals surface area contributed by atoms with E-state index in [1.54, 1.807) is 0 Å². The average Bonchev–Trinajstić information content (AvgIpc) is 2.31. The molecule has 4 nitrogen and oxygen atoms in total. The minimum atomic E-state index is -1.14. The van der Waals surface area contributed by atoms with Crippen molar-refractivity contribution in [1.82, 2.24) is 4.98 Å². The summed E-state index contributed by atoms with van der Waals surface area (Å²) in [6.07, 6.45) is 0. The minimum absolute atomic E-state index is 0.0987. The van der Waals surface area contributed by atoms with Crippen LogP contribution in [-0.2, 0) is 0 Å². The molecule has 0 aliphatic heterocycles. The summed E-state index contributed by atoms with van der Waals surface area (Å²) in [6, 6.07) is 8.33. The van der Waals surface area contributed by atoms with Crippen LogP contribution in [0.5, 0.6) is 0 Å². The summed E-state index contributed by atoms with van der Waals surface area (Å²) in [5.41, 5.74) is 2.99. The van der Waals surface area contributed by atoms with E-state index >= 15 is 0 Å². The molecule has 0 aliphatic carbocycles. The number of hydrogen-bond donors (Lipinski definition) is 2. The summed E-state index contributed by atoms with van der Waals surface area (Å²) < 4.78 is 0. The van der Waals surface area contributed by atoms with Crippen LogP contribution in [0.4, 0.5) is 0 Å². The van der Waals surface area contributed by atoms with Crippen molar-refractivity contribution < 1.29 is 9.90 Å². The zero-order chi connectivity index (χ0) is 13.3. The number of carboxylic acid groups (broad SMARTS) is 1. The van der Waals surface area contributed by atoms with E-state index in [1.807, 2.05) is 32.0 Å². The first kappa shape index (κ1) is 12.1. The zero-order valence-electron chi connectivity index (χ0n) is 10.2. The van der Waals surface area contributed by atoms with Crippen LogP contribution in [0.1, 0.15) is 21.6 Å². The third-order valence-electron chi connectivity index (χ3n) is 2.76. The highest BCUT2D eigenvalue weighted by Gasteiger charge is 2.09. The first-order valence-electron chi connectivity index (χ1n) is 5.52. The number of aromatic carboxylic acids is 1. The average molecular weight is 243 g/mol. The van der Waals surface area contributed by atoms with E-state index in [4.69, 9.17) is 5.11 Å². The van der Waals surface area contributed by atoms with Gasteiger partial charge in [0.25, 0.3) is 0 Å². The fraction of sp³-hybridized carbons (Fsp3) is 0.143. The van der Waals surface area contributed by atoms with E-state index in [0.717, 1.165) is 22.8 Å². The number of aromatic amines is 1. The second-order valence-electron chi connectivity index (χ2n) is 4.27. The van der Waals surface area contributed by atoms with Crippen molar-refractivity contribution in [1.29, 1.82) is 0 Å². The van der Waals surface area contributed by atoms with E-state index in [-0.39, 0.29) is 11.1 Å². The molecule has 1 heterocycles. The predicted molar refractivity (Wildman–Crippen MR) is 68.9 cm³/mol. The van der Waals surface area contributed by atoms with Gasteiger partial charge < -0.3 is 10.1 Å². The standard InChI is InChI=1S/C14H13NO3/c1-8-3-4-9(2)11(5-8)12-6-10(16)7-13(15-12)14(17)18/h3-7H,1-2H3,(H,15,16)(H,17,18). The smallest absolute Gasteiger partial charge is 0.352 e. The summed E-state index contributed by atoms with van der Waals surface area (Å²) in [5, 5.41) is 8.93. The number of rotatable bonds is 2. The lowest BCUT2D eigenvalue weighted by molar-refractivity contribution is 0.0690. The molecule has 18 heavy (non-hydrogen) atoms. The van der Waals surface area contributed by atoms with E-state index in [9.17, 15) is 9.59 Å². The van der Waals surface area contributed by atoms with Crippen molar-refractivity contribution in [3.05, 3.63) is 57.4 Å². The summed E-state index contributed by atoms with van der Waals surface area (Å²) in [5.74, 6) is -1.14. The van der Waals surface area contributed by atoms with E-state index in [1.165, 1.54) is 6.07 Å². The van der Waals surface area contributed by atoms with Gasteiger partial charge >= 0.3 is 5.97 Å². The van der Waals surface area contributed by atoms with Crippen molar-refractivity contribution in [2.24, 2.45) is 0 Å². The number of H-pyrrole nitrogens is 1. The maximum atomic E-state index is 11.5. The van der Waals surface area contributed by atoms with Crippen LogP contribution in [0.15, 0.2) is 35.1 Å². The van der Waals surface area contributed by atoms with Gasteiger partial charge in [-0.3, -0.25) is 4.79 Å². The highest BCUT2D eigenvalue weighted by atomic mass is 16.4. The van der Waals surface area contributed by atoms with Crippen molar-refractivity contribution in [3.63, 3.8) is 0 Å². The minimum Gasteiger partial charge on any atom is -0.477 e. The van der Waals surface area contributed by atoms with Crippen molar-refractivity contribution in [3.8, 4) is 11.3 Å². The molecule has 0 atom stereocenters. The quantitative estimate of drug-likeness (QED) is 0.850. The Hall–Kier alpha value is -2.36. The Morgan fingerprint density at radius 2 is 1.89 bits per heavy atom. The Bertz CT molecular complexity index is 671. The Morgan fingerprint density at radius 3 is 2.56 bits per heavy atom. The molecule has 92 valence electrons. The molecule has 1 aromatic carbocycles. The van der Waals surface area contributed by atoms with E-state index in [2.05, 4.69) is 4.98 Å². The zero-order valence-corrected chi connectivity index (χ0v) is 10.2. The summed E-state index contributed by atoms with van der Waals surface area (Å²) in [4.78, 5) is 25.2. The molecule has 0 radical (unpaired) electrons. The monoisotopic (exact) mass is 243 g/mol. The van der Waals surface area contributed by atoms with Gasteiger partial charge in [-0.05, 0) is 25.5 Å². The highest BCUT2D eigenvalue weighted by molar-refractivity contribution is 5.86.